The van der Waals surface area contributed by atoms with Crippen molar-refractivity contribution < 1.29 is 14.3 Å². The number of carbonyl (C=O) groups excluding carboxylic acids is 2. The van der Waals surface area contributed by atoms with Crippen molar-refractivity contribution in [1.29, 1.82) is 0 Å². The van der Waals surface area contributed by atoms with Gasteiger partial charge in [0.05, 0.1) is 23.9 Å². The van der Waals surface area contributed by atoms with Gasteiger partial charge in [-0.05, 0) is 54.6 Å². The van der Waals surface area contributed by atoms with Gasteiger partial charge in [0.2, 0.25) is 5.91 Å². The molecule has 4 aromatic rings. The smallest absolute Gasteiger partial charge is 0.256 e. The zero-order chi connectivity index (χ0) is 22.5. The Balaban J connectivity index is 1.69. The first-order valence-electron chi connectivity index (χ1n) is 10.3. The number of rotatable bonds is 6. The van der Waals surface area contributed by atoms with Crippen LogP contribution in [0.5, 0.6) is 5.75 Å². The third-order valence-electron chi connectivity index (χ3n) is 5.07. The standard InChI is InChI=1S/C26H23N3O3/c1-3-25(30)27-18-7-6-8-19(15-18)28-26(31)22-16-24(17-11-13-20(32-2)14-12-17)29-23-10-5-4-9-21(22)23/h4-16H,3H2,1-2H3,(H,27,30)(H,28,31). The van der Waals surface area contributed by atoms with Crippen LogP contribution in [-0.2, 0) is 4.79 Å². The maximum absolute atomic E-state index is 13.3. The third-order valence-corrected chi connectivity index (χ3v) is 5.07. The molecule has 0 saturated carbocycles. The summed E-state index contributed by atoms with van der Waals surface area (Å²) in [6.07, 6.45) is 0.383. The molecular formula is C26H23N3O3. The Morgan fingerprint density at radius 1 is 0.875 bits per heavy atom. The molecule has 1 heterocycles. The van der Waals surface area contributed by atoms with E-state index in [0.29, 0.717) is 29.1 Å². The van der Waals surface area contributed by atoms with Crippen LogP contribution in [0.4, 0.5) is 11.4 Å². The quantitative estimate of drug-likeness (QED) is 0.427. The molecule has 0 spiro atoms. The molecule has 32 heavy (non-hydrogen) atoms. The molecular weight excluding hydrogens is 402 g/mol. The molecule has 2 amide bonds. The number of para-hydroxylation sites is 1. The molecule has 0 unspecified atom stereocenters. The van der Waals surface area contributed by atoms with E-state index in [1.54, 1.807) is 44.4 Å². The summed E-state index contributed by atoms with van der Waals surface area (Å²) >= 11 is 0. The molecule has 4 rings (SSSR count). The van der Waals surface area contributed by atoms with Crippen LogP contribution in [0.15, 0.2) is 78.9 Å². The summed E-state index contributed by atoms with van der Waals surface area (Å²) in [5, 5.41) is 6.51. The van der Waals surface area contributed by atoms with E-state index in [-0.39, 0.29) is 11.8 Å². The number of hydrogen-bond acceptors (Lipinski definition) is 4. The lowest BCUT2D eigenvalue weighted by Crippen LogP contribution is -2.14. The number of pyridine rings is 1. The minimum Gasteiger partial charge on any atom is -0.497 e. The minimum atomic E-state index is -0.252. The van der Waals surface area contributed by atoms with Crippen LogP contribution >= 0.6 is 0 Å². The number of ether oxygens (including phenoxy) is 1. The number of nitrogens with one attached hydrogen (secondary N) is 2. The van der Waals surface area contributed by atoms with Gasteiger partial charge in [-0.1, -0.05) is 31.2 Å². The summed E-state index contributed by atoms with van der Waals surface area (Å²) in [7, 11) is 1.62. The number of carbonyl (C=O) groups is 2. The Kier molecular flexibility index (Phi) is 6.12. The molecule has 0 bridgehead atoms. The maximum Gasteiger partial charge on any atom is 0.256 e. The second-order valence-corrected chi connectivity index (χ2v) is 7.24. The summed E-state index contributed by atoms with van der Waals surface area (Å²) in [5.41, 5.74) is 4.05. The van der Waals surface area contributed by atoms with Crippen LogP contribution in [0.25, 0.3) is 22.2 Å². The molecule has 0 fully saturated rings. The molecule has 0 aliphatic rings. The van der Waals surface area contributed by atoms with Gasteiger partial charge in [0.1, 0.15) is 5.75 Å². The van der Waals surface area contributed by atoms with E-state index < -0.39 is 0 Å². The molecule has 2 N–H and O–H groups in total. The molecule has 3 aromatic carbocycles. The normalized spacial score (nSPS) is 10.6. The third kappa shape index (κ3) is 4.59. The number of benzene rings is 3. The van der Waals surface area contributed by atoms with Crippen molar-refractivity contribution in [3.8, 4) is 17.0 Å². The van der Waals surface area contributed by atoms with E-state index in [1.807, 2.05) is 48.5 Å². The van der Waals surface area contributed by atoms with Gasteiger partial charge in [0.15, 0.2) is 0 Å². The van der Waals surface area contributed by atoms with Gasteiger partial charge >= 0.3 is 0 Å². The Bertz CT molecular complexity index is 1280. The van der Waals surface area contributed by atoms with Crippen LogP contribution in [0.3, 0.4) is 0 Å². The SMILES string of the molecule is CCC(=O)Nc1cccc(NC(=O)c2cc(-c3ccc(OC)cc3)nc3ccccc23)c1. The fourth-order valence-electron chi connectivity index (χ4n) is 3.40. The van der Waals surface area contributed by atoms with Crippen LogP contribution in [0, 0.1) is 0 Å². The zero-order valence-corrected chi connectivity index (χ0v) is 17.9. The van der Waals surface area contributed by atoms with E-state index in [4.69, 9.17) is 9.72 Å². The molecule has 0 saturated heterocycles. The summed E-state index contributed by atoms with van der Waals surface area (Å²) in [4.78, 5) is 29.7. The molecule has 1 aromatic heterocycles. The number of nitrogens with zero attached hydrogens (tertiary/aromatic N) is 1. The Morgan fingerprint density at radius 3 is 2.31 bits per heavy atom. The average Bonchev–Trinajstić information content (AvgIpc) is 2.83. The minimum absolute atomic E-state index is 0.0854. The lowest BCUT2D eigenvalue weighted by atomic mass is 10.0. The molecule has 0 radical (unpaired) electrons. The summed E-state index contributed by atoms with van der Waals surface area (Å²) < 4.78 is 5.23. The van der Waals surface area contributed by atoms with E-state index in [9.17, 15) is 9.59 Å². The van der Waals surface area contributed by atoms with Crippen LogP contribution in [0.2, 0.25) is 0 Å². The predicted molar refractivity (Wildman–Crippen MR) is 127 cm³/mol. The molecule has 6 nitrogen and oxygen atoms in total. The van der Waals surface area contributed by atoms with Crippen LogP contribution in [-0.4, -0.2) is 23.9 Å². The second-order valence-electron chi connectivity index (χ2n) is 7.24. The van der Waals surface area contributed by atoms with Crippen molar-refractivity contribution in [2.24, 2.45) is 0 Å². The highest BCUT2D eigenvalue weighted by Gasteiger charge is 2.15. The molecule has 0 aliphatic carbocycles. The highest BCUT2D eigenvalue weighted by molar-refractivity contribution is 6.13. The first-order valence-corrected chi connectivity index (χ1v) is 10.3. The first-order chi connectivity index (χ1) is 15.6. The predicted octanol–water partition coefficient (Wildman–Crippen LogP) is 5.51. The second kappa shape index (κ2) is 9.31. The Labute approximate surface area is 186 Å². The van der Waals surface area contributed by atoms with Gasteiger partial charge in [-0.3, -0.25) is 9.59 Å². The highest BCUT2D eigenvalue weighted by atomic mass is 16.5. The average molecular weight is 425 g/mol. The summed E-state index contributed by atoms with van der Waals surface area (Å²) in [6.45, 7) is 1.79. The van der Waals surface area contributed by atoms with E-state index in [0.717, 1.165) is 22.2 Å². The topological polar surface area (TPSA) is 80.3 Å². The number of hydrogen-bond donors (Lipinski definition) is 2. The molecule has 0 aliphatic heterocycles. The zero-order valence-electron chi connectivity index (χ0n) is 17.9. The van der Waals surface area contributed by atoms with Crippen molar-refractivity contribution in [2.75, 3.05) is 17.7 Å². The first kappa shape index (κ1) is 21.1. The van der Waals surface area contributed by atoms with Crippen LogP contribution in [0.1, 0.15) is 23.7 Å². The van der Waals surface area contributed by atoms with E-state index in [2.05, 4.69) is 10.6 Å². The number of aromatic nitrogens is 1. The lowest BCUT2D eigenvalue weighted by molar-refractivity contribution is -0.115. The van der Waals surface area contributed by atoms with Gasteiger partial charge in [-0.2, -0.15) is 0 Å². The maximum atomic E-state index is 13.3. The number of fused-ring (bicyclic) bond motifs is 1. The lowest BCUT2D eigenvalue weighted by Gasteiger charge is -2.12. The Morgan fingerprint density at radius 2 is 1.59 bits per heavy atom. The molecule has 160 valence electrons. The van der Waals surface area contributed by atoms with Gasteiger partial charge in [-0.15, -0.1) is 0 Å². The fourth-order valence-corrected chi connectivity index (χ4v) is 3.40. The Hall–Kier alpha value is -4.19. The van der Waals surface area contributed by atoms with Crippen molar-refractivity contribution in [3.63, 3.8) is 0 Å². The van der Waals surface area contributed by atoms with Crippen molar-refractivity contribution in [1.82, 2.24) is 4.98 Å². The molecule has 0 atom stereocenters. The number of anilines is 2. The van der Waals surface area contributed by atoms with E-state index in [1.165, 1.54) is 0 Å². The van der Waals surface area contributed by atoms with Gasteiger partial charge < -0.3 is 15.4 Å². The van der Waals surface area contributed by atoms with Crippen molar-refractivity contribution in [2.45, 2.75) is 13.3 Å². The summed E-state index contributed by atoms with van der Waals surface area (Å²) in [5.74, 6) is 0.414. The van der Waals surface area contributed by atoms with Crippen molar-refractivity contribution >= 4 is 34.1 Å². The largest absolute Gasteiger partial charge is 0.497 e. The molecule has 6 heteroatoms. The van der Waals surface area contributed by atoms with Gasteiger partial charge in [-0.25, -0.2) is 4.98 Å². The monoisotopic (exact) mass is 425 g/mol. The number of amides is 2. The number of methoxy groups -OCH3 is 1. The van der Waals surface area contributed by atoms with Gasteiger partial charge in [0.25, 0.3) is 5.91 Å². The highest BCUT2D eigenvalue weighted by Crippen LogP contribution is 2.27. The summed E-state index contributed by atoms with van der Waals surface area (Å²) in [6, 6.07) is 24.0. The van der Waals surface area contributed by atoms with Crippen LogP contribution < -0.4 is 15.4 Å². The van der Waals surface area contributed by atoms with Crippen molar-refractivity contribution in [3.05, 3.63) is 84.4 Å². The van der Waals surface area contributed by atoms with E-state index >= 15 is 0 Å². The fraction of sp³-hybridized carbons (Fsp3) is 0.115. The van der Waals surface area contributed by atoms with Gasteiger partial charge in [0, 0.05) is 28.7 Å².